The first-order valence-corrected chi connectivity index (χ1v) is 11.3. The Morgan fingerprint density at radius 2 is 1.97 bits per heavy atom. The van der Waals surface area contributed by atoms with Crippen LogP contribution in [0.15, 0.2) is 36.7 Å². The third kappa shape index (κ3) is 4.59. The minimum absolute atomic E-state index is 0.0910. The molecule has 1 spiro atoms. The standard InChI is InChI=1S/C24H34N4O2/c1-19(2)13-28-18-25-26-23(28)21-14-27(17-24(21)11-7-4-8-12-24)22(29)16-30-15-20-9-5-3-6-10-20/h3,5-6,9-10,18-19,21H,4,7-8,11-17H2,1-2H3. The van der Waals surface area contributed by atoms with E-state index < -0.39 is 0 Å². The topological polar surface area (TPSA) is 60.2 Å². The van der Waals surface area contributed by atoms with Crippen molar-refractivity contribution in [3.8, 4) is 0 Å². The second kappa shape index (κ2) is 9.29. The molecule has 2 fully saturated rings. The normalized spacial score (nSPS) is 20.9. The van der Waals surface area contributed by atoms with Gasteiger partial charge in [-0.3, -0.25) is 4.79 Å². The highest BCUT2D eigenvalue weighted by Gasteiger charge is 2.50. The van der Waals surface area contributed by atoms with E-state index in [0.29, 0.717) is 12.5 Å². The lowest BCUT2D eigenvalue weighted by atomic mass is 9.67. The number of nitrogens with zero attached hydrogens (tertiary/aromatic N) is 4. The predicted octanol–water partition coefficient (Wildman–Crippen LogP) is 4.03. The monoisotopic (exact) mass is 410 g/mol. The van der Waals surface area contributed by atoms with Crippen LogP contribution >= 0.6 is 0 Å². The van der Waals surface area contributed by atoms with Gasteiger partial charge in [0, 0.05) is 25.6 Å². The molecule has 0 radical (unpaired) electrons. The van der Waals surface area contributed by atoms with Crippen molar-refractivity contribution in [2.75, 3.05) is 19.7 Å². The van der Waals surface area contributed by atoms with Crippen LogP contribution in [0.2, 0.25) is 0 Å². The van der Waals surface area contributed by atoms with Crippen molar-refractivity contribution >= 4 is 5.91 Å². The van der Waals surface area contributed by atoms with E-state index in [1.165, 1.54) is 32.1 Å². The summed E-state index contributed by atoms with van der Waals surface area (Å²) in [4.78, 5) is 15.0. The minimum Gasteiger partial charge on any atom is -0.367 e. The summed E-state index contributed by atoms with van der Waals surface area (Å²) in [6, 6.07) is 10.0. The maximum absolute atomic E-state index is 13.0. The van der Waals surface area contributed by atoms with E-state index in [1.54, 1.807) is 0 Å². The molecule has 162 valence electrons. The van der Waals surface area contributed by atoms with Gasteiger partial charge in [-0.25, -0.2) is 0 Å². The molecule has 1 unspecified atom stereocenters. The molecule has 1 atom stereocenters. The van der Waals surface area contributed by atoms with Gasteiger partial charge in [0.15, 0.2) is 0 Å². The van der Waals surface area contributed by atoms with Crippen molar-refractivity contribution in [1.82, 2.24) is 19.7 Å². The third-order valence-electron chi connectivity index (χ3n) is 6.71. The number of amides is 1. The first kappa shape index (κ1) is 21.0. The Hall–Kier alpha value is -2.21. The van der Waals surface area contributed by atoms with Crippen LogP contribution in [0.5, 0.6) is 0 Å². The van der Waals surface area contributed by atoms with Gasteiger partial charge < -0.3 is 14.2 Å². The Balaban J connectivity index is 1.46. The van der Waals surface area contributed by atoms with Crippen LogP contribution < -0.4 is 0 Å². The van der Waals surface area contributed by atoms with Gasteiger partial charge in [-0.1, -0.05) is 63.4 Å². The Bertz CT molecular complexity index is 827. The van der Waals surface area contributed by atoms with Crippen LogP contribution in [0.3, 0.4) is 0 Å². The fraction of sp³-hybridized carbons (Fsp3) is 0.625. The lowest BCUT2D eigenvalue weighted by molar-refractivity contribution is -0.136. The molecule has 6 heteroatoms. The summed E-state index contributed by atoms with van der Waals surface area (Å²) in [7, 11) is 0. The Morgan fingerprint density at radius 3 is 2.70 bits per heavy atom. The van der Waals surface area contributed by atoms with E-state index >= 15 is 0 Å². The number of benzene rings is 1. The Kier molecular flexibility index (Phi) is 6.52. The Morgan fingerprint density at radius 1 is 1.20 bits per heavy atom. The molecular weight excluding hydrogens is 376 g/mol. The number of likely N-dealkylation sites (tertiary alicyclic amines) is 1. The molecule has 2 heterocycles. The molecule has 4 rings (SSSR count). The molecule has 1 aliphatic heterocycles. The highest BCUT2D eigenvalue weighted by molar-refractivity contribution is 5.78. The quantitative estimate of drug-likeness (QED) is 0.691. The van der Waals surface area contributed by atoms with E-state index in [4.69, 9.17) is 4.74 Å². The van der Waals surface area contributed by atoms with Gasteiger partial charge in [0.25, 0.3) is 0 Å². The van der Waals surface area contributed by atoms with Gasteiger partial charge in [-0.05, 0) is 29.7 Å². The SMILES string of the molecule is CC(C)Cn1cnnc1C1CN(C(=O)COCc2ccccc2)CC12CCCCC2. The second-order valence-electron chi connectivity index (χ2n) is 9.46. The fourth-order valence-corrected chi connectivity index (χ4v) is 5.27. The van der Waals surface area contributed by atoms with Crippen molar-refractivity contribution in [3.05, 3.63) is 48.0 Å². The maximum atomic E-state index is 13.0. The van der Waals surface area contributed by atoms with E-state index in [0.717, 1.165) is 31.0 Å². The van der Waals surface area contributed by atoms with E-state index in [1.807, 2.05) is 41.6 Å². The third-order valence-corrected chi connectivity index (χ3v) is 6.71. The van der Waals surface area contributed by atoms with Gasteiger partial charge in [-0.2, -0.15) is 0 Å². The van der Waals surface area contributed by atoms with Crippen LogP contribution in [0.4, 0.5) is 0 Å². The first-order chi connectivity index (χ1) is 14.6. The Labute approximate surface area is 179 Å². The van der Waals surface area contributed by atoms with Gasteiger partial charge in [-0.15, -0.1) is 10.2 Å². The molecular formula is C24H34N4O2. The number of carbonyl (C=O) groups excluding carboxylic acids is 1. The molecule has 1 aliphatic carbocycles. The molecule has 0 bridgehead atoms. The molecule has 2 aromatic rings. The minimum atomic E-state index is 0.0910. The van der Waals surface area contributed by atoms with Crippen LogP contribution in [0.25, 0.3) is 0 Å². The lowest BCUT2D eigenvalue weighted by Gasteiger charge is -2.37. The largest absolute Gasteiger partial charge is 0.367 e. The van der Waals surface area contributed by atoms with Gasteiger partial charge >= 0.3 is 0 Å². The number of ether oxygens (including phenoxy) is 1. The fourth-order valence-electron chi connectivity index (χ4n) is 5.27. The van der Waals surface area contributed by atoms with Crippen molar-refractivity contribution < 1.29 is 9.53 Å². The smallest absolute Gasteiger partial charge is 0.248 e. The van der Waals surface area contributed by atoms with Gasteiger partial charge in [0.05, 0.1) is 6.61 Å². The summed E-state index contributed by atoms with van der Waals surface area (Å²) < 4.78 is 7.96. The number of hydrogen-bond donors (Lipinski definition) is 0. The number of carbonyl (C=O) groups is 1. The van der Waals surface area contributed by atoms with Crippen LogP contribution in [0.1, 0.15) is 63.3 Å². The zero-order valence-electron chi connectivity index (χ0n) is 18.3. The molecule has 1 amide bonds. The molecule has 30 heavy (non-hydrogen) atoms. The first-order valence-electron chi connectivity index (χ1n) is 11.3. The zero-order valence-corrected chi connectivity index (χ0v) is 18.3. The van der Waals surface area contributed by atoms with Gasteiger partial charge in [0.1, 0.15) is 18.8 Å². The van der Waals surface area contributed by atoms with Crippen molar-refractivity contribution in [2.45, 2.75) is 65.0 Å². The summed E-state index contributed by atoms with van der Waals surface area (Å²) in [5, 5.41) is 8.78. The van der Waals surface area contributed by atoms with E-state index in [-0.39, 0.29) is 23.8 Å². The lowest BCUT2D eigenvalue weighted by Crippen LogP contribution is -2.36. The summed E-state index contributed by atoms with van der Waals surface area (Å²) in [6.45, 7) is 7.50. The van der Waals surface area contributed by atoms with Crippen LogP contribution in [0, 0.1) is 11.3 Å². The summed E-state index contributed by atoms with van der Waals surface area (Å²) in [6.07, 6.45) is 7.96. The van der Waals surface area contributed by atoms with Gasteiger partial charge in [0.2, 0.25) is 5.91 Å². The van der Waals surface area contributed by atoms with Crippen molar-refractivity contribution in [1.29, 1.82) is 0 Å². The van der Waals surface area contributed by atoms with E-state index in [9.17, 15) is 4.79 Å². The number of rotatable bonds is 7. The summed E-state index contributed by atoms with van der Waals surface area (Å²) in [5.41, 5.74) is 1.23. The van der Waals surface area contributed by atoms with Crippen LogP contribution in [-0.4, -0.2) is 45.3 Å². The molecule has 1 saturated heterocycles. The molecule has 1 aromatic carbocycles. The molecule has 1 saturated carbocycles. The molecule has 0 N–H and O–H groups in total. The van der Waals surface area contributed by atoms with Crippen molar-refractivity contribution in [2.24, 2.45) is 11.3 Å². The number of aromatic nitrogens is 3. The highest BCUT2D eigenvalue weighted by Crippen LogP contribution is 2.51. The van der Waals surface area contributed by atoms with Crippen molar-refractivity contribution in [3.63, 3.8) is 0 Å². The highest BCUT2D eigenvalue weighted by atomic mass is 16.5. The second-order valence-corrected chi connectivity index (χ2v) is 9.46. The average Bonchev–Trinajstić information content (AvgIpc) is 3.33. The molecule has 1 aromatic heterocycles. The average molecular weight is 411 g/mol. The summed E-state index contributed by atoms with van der Waals surface area (Å²) in [5.74, 6) is 1.95. The van der Waals surface area contributed by atoms with E-state index in [2.05, 4.69) is 28.6 Å². The maximum Gasteiger partial charge on any atom is 0.248 e. The summed E-state index contributed by atoms with van der Waals surface area (Å²) >= 11 is 0. The molecule has 6 nitrogen and oxygen atoms in total. The predicted molar refractivity (Wildman–Crippen MR) is 116 cm³/mol. The zero-order chi connectivity index (χ0) is 21.0. The molecule has 2 aliphatic rings. The number of hydrogen-bond acceptors (Lipinski definition) is 4. The van der Waals surface area contributed by atoms with Crippen LogP contribution in [-0.2, 0) is 22.7 Å².